The Bertz CT molecular complexity index is 660. The average Bonchev–Trinajstić information content (AvgIpc) is 3.39. The molecule has 2 aliphatic rings. The number of carbonyl (C=O) groups is 1. The van der Waals surface area contributed by atoms with E-state index < -0.39 is 21.8 Å². The lowest BCUT2D eigenvalue weighted by atomic mass is 10.1. The van der Waals surface area contributed by atoms with E-state index in [1.807, 2.05) is 0 Å². The first-order chi connectivity index (χ1) is 11.0. The van der Waals surface area contributed by atoms with Crippen LogP contribution in [0.25, 0.3) is 0 Å². The van der Waals surface area contributed by atoms with Crippen LogP contribution in [-0.4, -0.2) is 38.9 Å². The number of benzene rings is 1. The Morgan fingerprint density at radius 1 is 1.13 bits per heavy atom. The zero-order chi connectivity index (χ0) is 16.4. The Hall–Kier alpha value is -1.44. The van der Waals surface area contributed by atoms with Crippen molar-refractivity contribution in [3.63, 3.8) is 0 Å². The van der Waals surface area contributed by atoms with Crippen molar-refractivity contribution in [2.24, 2.45) is 5.73 Å². The van der Waals surface area contributed by atoms with Gasteiger partial charge in [-0.15, -0.1) is 0 Å². The van der Waals surface area contributed by atoms with Crippen LogP contribution in [0.2, 0.25) is 0 Å². The molecule has 1 atom stereocenters. The van der Waals surface area contributed by atoms with Crippen molar-refractivity contribution in [2.75, 3.05) is 13.2 Å². The number of nitrogens with two attached hydrogens (primary N) is 1. The van der Waals surface area contributed by atoms with Gasteiger partial charge in [-0.05, 0) is 43.4 Å². The van der Waals surface area contributed by atoms with E-state index in [-0.39, 0.29) is 16.2 Å². The molecular weight excluding hydrogens is 318 g/mol. The van der Waals surface area contributed by atoms with Gasteiger partial charge in [-0.2, -0.15) is 0 Å². The molecule has 2 N–H and O–H groups in total. The fraction of sp³-hybridized carbons (Fsp3) is 0.562. The minimum absolute atomic E-state index is 0.0730. The lowest BCUT2D eigenvalue weighted by Crippen LogP contribution is -2.31. The Balaban J connectivity index is 1.75. The van der Waals surface area contributed by atoms with Crippen molar-refractivity contribution >= 4 is 15.7 Å². The summed E-state index contributed by atoms with van der Waals surface area (Å²) in [6.45, 7) is 1.21. The average molecular weight is 339 g/mol. The van der Waals surface area contributed by atoms with Crippen LogP contribution in [0.3, 0.4) is 0 Å². The molecule has 1 aliphatic carbocycles. The highest BCUT2D eigenvalue weighted by Crippen LogP contribution is 2.34. The van der Waals surface area contributed by atoms with Gasteiger partial charge in [-0.1, -0.05) is 12.1 Å². The van der Waals surface area contributed by atoms with Crippen LogP contribution in [-0.2, 0) is 24.1 Å². The van der Waals surface area contributed by atoms with E-state index in [4.69, 9.17) is 15.2 Å². The molecule has 0 spiro atoms. The molecule has 0 aromatic heterocycles. The monoisotopic (exact) mass is 339 g/mol. The molecule has 0 radical (unpaired) electrons. The zero-order valence-corrected chi connectivity index (χ0v) is 13.6. The Morgan fingerprint density at radius 3 is 2.26 bits per heavy atom. The van der Waals surface area contributed by atoms with E-state index >= 15 is 0 Å². The third-order valence-corrected chi connectivity index (χ3v) is 6.51. The topological polar surface area (TPSA) is 95.7 Å². The lowest BCUT2D eigenvalue weighted by Gasteiger charge is -2.26. The van der Waals surface area contributed by atoms with Gasteiger partial charge < -0.3 is 15.2 Å². The summed E-state index contributed by atoms with van der Waals surface area (Å²) in [5.74, 6) is -0.575. The number of carbonyl (C=O) groups excluding carboxylic acids is 1. The number of primary amides is 1. The van der Waals surface area contributed by atoms with Gasteiger partial charge >= 0.3 is 0 Å². The van der Waals surface area contributed by atoms with Crippen LogP contribution >= 0.6 is 0 Å². The molecule has 1 aliphatic heterocycles. The highest BCUT2D eigenvalue weighted by atomic mass is 32.2. The van der Waals surface area contributed by atoms with Crippen LogP contribution in [0.4, 0.5) is 0 Å². The normalized spacial score (nSPS) is 21.0. The maximum atomic E-state index is 12.2. The summed E-state index contributed by atoms with van der Waals surface area (Å²) >= 11 is 0. The van der Waals surface area contributed by atoms with Crippen molar-refractivity contribution in [1.82, 2.24) is 0 Å². The largest absolute Gasteiger partial charge is 0.381 e. The highest BCUT2D eigenvalue weighted by molar-refractivity contribution is 7.92. The molecule has 1 unspecified atom stereocenters. The molecule has 1 heterocycles. The molecule has 1 saturated heterocycles. The molecule has 1 aromatic rings. The summed E-state index contributed by atoms with van der Waals surface area (Å²) in [7, 11) is -3.23. The predicted octanol–water partition coefficient (Wildman–Crippen LogP) is 1.34. The Kier molecular flexibility index (Phi) is 4.70. The van der Waals surface area contributed by atoms with Gasteiger partial charge in [0, 0.05) is 13.2 Å². The van der Waals surface area contributed by atoms with Crippen molar-refractivity contribution in [2.45, 2.75) is 48.0 Å². The maximum absolute atomic E-state index is 12.2. The van der Waals surface area contributed by atoms with Gasteiger partial charge in [-0.3, -0.25) is 4.79 Å². The quantitative estimate of drug-likeness (QED) is 0.844. The number of amides is 1. The van der Waals surface area contributed by atoms with Crippen molar-refractivity contribution in [1.29, 1.82) is 0 Å². The second kappa shape index (κ2) is 6.59. The summed E-state index contributed by atoms with van der Waals surface area (Å²) in [4.78, 5) is 12.0. The van der Waals surface area contributed by atoms with Crippen LogP contribution in [0.5, 0.6) is 0 Å². The molecule has 2 fully saturated rings. The van der Waals surface area contributed by atoms with Crippen LogP contribution in [0.15, 0.2) is 29.2 Å². The molecule has 7 heteroatoms. The molecule has 126 valence electrons. The van der Waals surface area contributed by atoms with Gasteiger partial charge in [0.1, 0.15) is 0 Å². The minimum Gasteiger partial charge on any atom is -0.381 e. The Labute approximate surface area is 135 Å². The molecule has 0 bridgehead atoms. The number of sulfone groups is 1. The first-order valence-electron chi connectivity index (χ1n) is 7.85. The highest BCUT2D eigenvalue weighted by Gasteiger charge is 2.37. The van der Waals surface area contributed by atoms with E-state index in [1.54, 1.807) is 12.1 Å². The summed E-state index contributed by atoms with van der Waals surface area (Å²) in [6, 6.07) is 6.30. The maximum Gasteiger partial charge on any atom is 0.251 e. The Morgan fingerprint density at radius 2 is 1.74 bits per heavy atom. The molecular formula is C16H21NO5S. The van der Waals surface area contributed by atoms with E-state index in [1.165, 1.54) is 12.1 Å². The number of hydrogen-bond acceptors (Lipinski definition) is 5. The summed E-state index contributed by atoms with van der Waals surface area (Å²) in [5, 5.41) is -0.251. The molecule has 23 heavy (non-hydrogen) atoms. The van der Waals surface area contributed by atoms with E-state index in [0.717, 1.165) is 25.7 Å². The standard InChI is InChI=1S/C16H21NO5S/c17-16(18)15(22-12-7-9-21-10-8-12)11-1-3-13(4-2-11)23(19,20)14-5-6-14/h1-4,12,14-15H,5-10H2,(H2,17,18). The summed E-state index contributed by atoms with van der Waals surface area (Å²) in [5.41, 5.74) is 6.04. The first kappa shape index (κ1) is 16.4. The molecule has 6 nitrogen and oxygen atoms in total. The molecule has 1 aromatic carbocycles. The third kappa shape index (κ3) is 3.73. The van der Waals surface area contributed by atoms with Crippen LogP contribution in [0, 0.1) is 0 Å². The lowest BCUT2D eigenvalue weighted by molar-refractivity contribution is -0.138. The summed E-state index contributed by atoms with van der Waals surface area (Å²) in [6.07, 6.45) is 1.95. The second-order valence-corrected chi connectivity index (χ2v) is 8.27. The van der Waals surface area contributed by atoms with Crippen molar-refractivity contribution in [3.8, 4) is 0 Å². The van der Waals surface area contributed by atoms with E-state index in [0.29, 0.717) is 18.8 Å². The van der Waals surface area contributed by atoms with E-state index in [2.05, 4.69) is 0 Å². The van der Waals surface area contributed by atoms with Crippen molar-refractivity contribution < 1.29 is 22.7 Å². The van der Waals surface area contributed by atoms with Gasteiger partial charge in [0.05, 0.1) is 16.2 Å². The second-order valence-electron chi connectivity index (χ2n) is 6.04. The van der Waals surface area contributed by atoms with E-state index in [9.17, 15) is 13.2 Å². The minimum atomic E-state index is -3.23. The first-order valence-corrected chi connectivity index (χ1v) is 9.39. The smallest absolute Gasteiger partial charge is 0.251 e. The zero-order valence-electron chi connectivity index (χ0n) is 12.8. The fourth-order valence-corrected chi connectivity index (χ4v) is 4.37. The molecule has 1 saturated carbocycles. The number of hydrogen-bond donors (Lipinski definition) is 1. The van der Waals surface area contributed by atoms with Gasteiger partial charge in [0.25, 0.3) is 5.91 Å². The summed E-state index contributed by atoms with van der Waals surface area (Å²) < 4.78 is 35.5. The van der Waals surface area contributed by atoms with Crippen molar-refractivity contribution in [3.05, 3.63) is 29.8 Å². The predicted molar refractivity (Wildman–Crippen MR) is 83.5 cm³/mol. The number of ether oxygens (including phenoxy) is 2. The van der Waals surface area contributed by atoms with Gasteiger partial charge in [0.15, 0.2) is 15.9 Å². The fourth-order valence-electron chi connectivity index (χ4n) is 2.72. The van der Waals surface area contributed by atoms with Crippen LogP contribution in [0.1, 0.15) is 37.4 Å². The number of rotatable bonds is 6. The van der Waals surface area contributed by atoms with Gasteiger partial charge in [-0.25, -0.2) is 8.42 Å². The third-order valence-electron chi connectivity index (χ3n) is 4.23. The van der Waals surface area contributed by atoms with Crippen LogP contribution < -0.4 is 5.73 Å². The van der Waals surface area contributed by atoms with Gasteiger partial charge in [0.2, 0.25) is 0 Å². The SMILES string of the molecule is NC(=O)C(OC1CCOCC1)c1ccc(S(=O)(=O)C2CC2)cc1. The molecule has 3 rings (SSSR count). The molecule has 1 amide bonds.